The number of thioether (sulfide) groups is 1. The first kappa shape index (κ1) is 20.0. The summed E-state index contributed by atoms with van der Waals surface area (Å²) in [6.07, 6.45) is 3.29. The second kappa shape index (κ2) is 8.62. The number of thiocarbonyl (C=S) groups is 1. The number of aromatic nitrogens is 2. The summed E-state index contributed by atoms with van der Waals surface area (Å²) in [5, 5.41) is 0. The average molecular weight is 433 g/mol. The van der Waals surface area contributed by atoms with Crippen molar-refractivity contribution in [1.29, 1.82) is 0 Å². The molecule has 0 spiro atoms. The lowest BCUT2D eigenvalue weighted by molar-refractivity contribution is -0.122. The molecule has 4 rings (SSSR count). The number of fused-ring (bicyclic) bond motifs is 1. The minimum absolute atomic E-state index is 0.220. The van der Waals surface area contributed by atoms with Gasteiger partial charge in [0.15, 0.2) is 0 Å². The maximum absolute atomic E-state index is 13.3. The molecule has 152 valence electrons. The van der Waals surface area contributed by atoms with Gasteiger partial charge in [0.2, 0.25) is 0 Å². The summed E-state index contributed by atoms with van der Waals surface area (Å²) in [4.78, 5) is 34.7. The van der Waals surface area contributed by atoms with Crippen molar-refractivity contribution < 1.29 is 14.3 Å². The predicted octanol–water partition coefficient (Wildman–Crippen LogP) is 1.38. The van der Waals surface area contributed by atoms with Crippen LogP contribution in [0.2, 0.25) is 0 Å². The molecule has 2 aromatic rings. The lowest BCUT2D eigenvalue weighted by Gasteiger charge is -2.29. The number of pyridine rings is 1. The lowest BCUT2D eigenvalue weighted by Crippen LogP contribution is -2.38. The van der Waals surface area contributed by atoms with Crippen molar-refractivity contribution in [3.05, 3.63) is 45.2 Å². The molecule has 29 heavy (non-hydrogen) atoms. The van der Waals surface area contributed by atoms with Crippen LogP contribution < -0.4 is 10.5 Å². The summed E-state index contributed by atoms with van der Waals surface area (Å²) >= 11 is 6.53. The van der Waals surface area contributed by atoms with Crippen molar-refractivity contribution >= 4 is 51.7 Å². The molecule has 0 aromatic carbocycles. The SMILES string of the molecule is COCCN1C(=O)/C(=C/c2c(N3CCOCC3)nc3ccccn3c2=O)SC1=S. The average Bonchev–Trinajstić information content (AvgIpc) is 3.01. The van der Waals surface area contributed by atoms with Gasteiger partial charge in [0.25, 0.3) is 11.5 Å². The molecule has 2 saturated heterocycles. The first-order chi connectivity index (χ1) is 14.1. The molecule has 2 aliphatic rings. The number of carbonyl (C=O) groups is 1. The predicted molar refractivity (Wildman–Crippen MR) is 116 cm³/mol. The van der Waals surface area contributed by atoms with Crippen LogP contribution in [0.1, 0.15) is 5.56 Å². The second-order valence-corrected chi connectivity index (χ2v) is 8.18. The Balaban J connectivity index is 1.81. The first-order valence-corrected chi connectivity index (χ1v) is 10.4. The third-order valence-electron chi connectivity index (χ3n) is 4.73. The largest absolute Gasteiger partial charge is 0.383 e. The van der Waals surface area contributed by atoms with E-state index in [-0.39, 0.29) is 11.5 Å². The molecule has 1 amide bonds. The zero-order valence-corrected chi connectivity index (χ0v) is 17.5. The number of ether oxygens (including phenoxy) is 2. The van der Waals surface area contributed by atoms with Gasteiger partial charge in [-0.05, 0) is 18.2 Å². The molecular formula is C19H20N4O4S2. The normalized spacial score (nSPS) is 19.0. The van der Waals surface area contributed by atoms with Crippen LogP contribution in [0.3, 0.4) is 0 Å². The molecule has 0 N–H and O–H groups in total. The van der Waals surface area contributed by atoms with E-state index in [0.29, 0.717) is 65.7 Å². The minimum atomic E-state index is -0.223. The highest BCUT2D eigenvalue weighted by atomic mass is 32.2. The van der Waals surface area contributed by atoms with Crippen LogP contribution in [-0.2, 0) is 14.3 Å². The van der Waals surface area contributed by atoms with E-state index in [2.05, 4.69) is 0 Å². The Labute approximate surface area is 177 Å². The molecule has 8 nitrogen and oxygen atoms in total. The van der Waals surface area contributed by atoms with Gasteiger partial charge in [-0.15, -0.1) is 0 Å². The molecule has 2 fully saturated rings. The van der Waals surface area contributed by atoms with Gasteiger partial charge in [-0.3, -0.25) is 18.9 Å². The van der Waals surface area contributed by atoms with Crippen LogP contribution in [0.4, 0.5) is 5.82 Å². The van der Waals surface area contributed by atoms with Crippen molar-refractivity contribution in [2.75, 3.05) is 51.5 Å². The molecule has 0 saturated carbocycles. The fourth-order valence-electron chi connectivity index (χ4n) is 3.24. The smallest absolute Gasteiger partial charge is 0.267 e. The van der Waals surface area contributed by atoms with Gasteiger partial charge in [0.1, 0.15) is 15.8 Å². The Morgan fingerprint density at radius 1 is 1.31 bits per heavy atom. The van der Waals surface area contributed by atoms with Crippen LogP contribution >= 0.6 is 24.0 Å². The van der Waals surface area contributed by atoms with Crippen LogP contribution in [-0.4, -0.2) is 71.1 Å². The van der Waals surface area contributed by atoms with Crippen molar-refractivity contribution in [3.63, 3.8) is 0 Å². The Morgan fingerprint density at radius 2 is 2.10 bits per heavy atom. The maximum atomic E-state index is 13.3. The van der Waals surface area contributed by atoms with E-state index in [0.717, 1.165) is 0 Å². The van der Waals surface area contributed by atoms with Gasteiger partial charge in [-0.1, -0.05) is 30.0 Å². The molecule has 0 aliphatic carbocycles. The second-order valence-electron chi connectivity index (χ2n) is 6.51. The minimum Gasteiger partial charge on any atom is -0.383 e. The third kappa shape index (κ3) is 3.93. The molecule has 0 radical (unpaired) electrons. The summed E-state index contributed by atoms with van der Waals surface area (Å²) in [5.74, 6) is 0.342. The Bertz CT molecular complexity index is 1050. The van der Waals surface area contributed by atoms with Crippen molar-refractivity contribution in [3.8, 4) is 0 Å². The standard InChI is InChI=1S/C19H20N4O4S2/c1-26-9-8-23-18(25)14(29-19(23)28)12-13-16(21-6-10-27-11-7-21)20-15-4-2-3-5-22(15)17(13)24/h2-5,12H,6-11H2,1H3/b14-12-. The Hall–Kier alpha value is -2.27. The Morgan fingerprint density at radius 3 is 2.86 bits per heavy atom. The third-order valence-corrected chi connectivity index (χ3v) is 6.11. The number of morpholine rings is 1. The van der Waals surface area contributed by atoms with E-state index < -0.39 is 0 Å². The summed E-state index contributed by atoms with van der Waals surface area (Å²) in [5.41, 5.74) is 0.714. The molecule has 4 heterocycles. The number of methoxy groups -OCH3 is 1. The highest BCUT2D eigenvalue weighted by Gasteiger charge is 2.32. The van der Waals surface area contributed by atoms with Crippen LogP contribution in [0.25, 0.3) is 11.7 Å². The monoisotopic (exact) mass is 432 g/mol. The highest BCUT2D eigenvalue weighted by Crippen LogP contribution is 2.33. The van der Waals surface area contributed by atoms with Gasteiger partial charge >= 0.3 is 0 Å². The zero-order valence-electron chi connectivity index (χ0n) is 15.9. The number of hydrogen-bond donors (Lipinski definition) is 0. The van der Waals surface area contributed by atoms with Gasteiger partial charge < -0.3 is 14.4 Å². The summed E-state index contributed by atoms with van der Waals surface area (Å²) in [6, 6.07) is 5.41. The number of anilines is 1. The van der Waals surface area contributed by atoms with Crippen molar-refractivity contribution in [1.82, 2.24) is 14.3 Å². The van der Waals surface area contributed by atoms with Crippen molar-refractivity contribution in [2.24, 2.45) is 0 Å². The zero-order chi connectivity index (χ0) is 20.4. The molecule has 2 aliphatic heterocycles. The molecule has 0 bridgehead atoms. The quantitative estimate of drug-likeness (QED) is 0.518. The summed E-state index contributed by atoms with van der Waals surface area (Å²) in [6.45, 7) is 3.15. The van der Waals surface area contributed by atoms with E-state index in [1.165, 1.54) is 21.1 Å². The number of amides is 1. The Kier molecular flexibility index (Phi) is 5.95. The number of carbonyl (C=O) groups excluding carboxylic acids is 1. The van der Waals surface area contributed by atoms with Gasteiger partial charge in [-0.2, -0.15) is 0 Å². The molecule has 10 heteroatoms. The highest BCUT2D eigenvalue weighted by molar-refractivity contribution is 8.26. The van der Waals surface area contributed by atoms with Gasteiger partial charge in [0, 0.05) is 26.4 Å². The van der Waals surface area contributed by atoms with Crippen LogP contribution in [0, 0.1) is 0 Å². The number of rotatable bonds is 5. The number of hydrogen-bond acceptors (Lipinski definition) is 8. The lowest BCUT2D eigenvalue weighted by atomic mass is 10.2. The molecule has 0 unspecified atom stereocenters. The number of nitrogens with zero attached hydrogens (tertiary/aromatic N) is 4. The topological polar surface area (TPSA) is 76.4 Å². The van der Waals surface area contributed by atoms with Crippen LogP contribution in [0.5, 0.6) is 0 Å². The van der Waals surface area contributed by atoms with Gasteiger partial charge in [0.05, 0.1) is 36.8 Å². The maximum Gasteiger partial charge on any atom is 0.267 e. The van der Waals surface area contributed by atoms with Gasteiger partial charge in [-0.25, -0.2) is 4.98 Å². The van der Waals surface area contributed by atoms with E-state index in [9.17, 15) is 9.59 Å². The van der Waals surface area contributed by atoms with Crippen LogP contribution in [0.15, 0.2) is 34.1 Å². The fourth-order valence-corrected chi connectivity index (χ4v) is 4.53. The summed E-state index contributed by atoms with van der Waals surface area (Å²) < 4.78 is 12.4. The molecular weight excluding hydrogens is 412 g/mol. The molecule has 2 aromatic heterocycles. The summed E-state index contributed by atoms with van der Waals surface area (Å²) in [7, 11) is 1.57. The molecule has 0 atom stereocenters. The van der Waals surface area contributed by atoms with E-state index in [1.54, 1.807) is 31.5 Å². The van der Waals surface area contributed by atoms with E-state index in [1.807, 2.05) is 11.0 Å². The van der Waals surface area contributed by atoms with E-state index >= 15 is 0 Å². The van der Waals surface area contributed by atoms with Crippen molar-refractivity contribution in [2.45, 2.75) is 0 Å². The fraction of sp³-hybridized carbons (Fsp3) is 0.368. The van der Waals surface area contributed by atoms with E-state index in [4.69, 9.17) is 26.7 Å². The first-order valence-electron chi connectivity index (χ1n) is 9.18.